The number of benzene rings is 16. The lowest BCUT2D eigenvalue weighted by Crippen LogP contribution is -2.00. The van der Waals surface area contributed by atoms with Crippen LogP contribution in [0.1, 0.15) is 0 Å². The molecule has 0 saturated heterocycles. The van der Waals surface area contributed by atoms with E-state index in [0.29, 0.717) is 63.3 Å². The van der Waals surface area contributed by atoms with E-state index in [1.165, 1.54) is 4.70 Å². The fourth-order valence-electron chi connectivity index (χ4n) is 18.5. The number of furan rings is 2. The van der Waals surface area contributed by atoms with Crippen LogP contribution in [0.25, 0.3) is 264 Å². The van der Waals surface area contributed by atoms with Crippen molar-refractivity contribution in [2.75, 3.05) is 0 Å². The Hall–Kier alpha value is -16.7. The highest BCUT2D eigenvalue weighted by molar-refractivity contribution is 7.26. The predicted molar refractivity (Wildman–Crippen MR) is 513 cm³/mol. The van der Waals surface area contributed by atoms with E-state index in [1.807, 2.05) is 91.0 Å². The van der Waals surface area contributed by atoms with Crippen molar-refractivity contribution < 1.29 is 8.83 Å². The van der Waals surface area contributed by atoms with Crippen LogP contribution in [0.5, 0.6) is 0 Å². The highest BCUT2D eigenvalue weighted by Crippen LogP contribution is 2.48. The Bertz CT molecular complexity index is 8990. The normalized spacial score (nSPS) is 12.0. The van der Waals surface area contributed by atoms with Crippen LogP contribution < -0.4 is 0 Å². The predicted octanol–water partition coefficient (Wildman–Crippen LogP) is 28.7. The molecule has 16 heteroatoms. The van der Waals surface area contributed by atoms with Gasteiger partial charge in [0.2, 0.25) is 0 Å². The van der Waals surface area contributed by atoms with Crippen LogP contribution in [-0.2, 0) is 0 Å². The van der Waals surface area contributed by atoms with Gasteiger partial charge in [-0.05, 0) is 108 Å². The molecule has 26 rings (SSSR count). The van der Waals surface area contributed by atoms with Crippen LogP contribution >= 0.6 is 22.7 Å². The molecule has 586 valence electrons. The van der Waals surface area contributed by atoms with Crippen molar-refractivity contribution in [1.82, 2.24) is 59.0 Å². The molecule has 26 aromatic rings. The minimum absolute atomic E-state index is 0.513. The van der Waals surface area contributed by atoms with Gasteiger partial charge >= 0.3 is 0 Å². The van der Waals surface area contributed by atoms with Crippen molar-refractivity contribution >= 4 is 151 Å². The molecule has 0 aliphatic rings. The van der Waals surface area contributed by atoms with Gasteiger partial charge in [-0.15, -0.1) is 22.7 Å². The monoisotopic (exact) mass is 1650 g/mol. The number of rotatable bonds is 13. The maximum atomic E-state index is 7.01. The van der Waals surface area contributed by atoms with Crippen molar-refractivity contribution in [2.45, 2.75) is 0 Å². The summed E-state index contributed by atoms with van der Waals surface area (Å²) in [4.78, 5) is 53.5. The molecule has 0 fully saturated rings. The van der Waals surface area contributed by atoms with Gasteiger partial charge < -0.3 is 18.0 Å². The lowest BCUT2D eigenvalue weighted by atomic mass is 10.0. The van der Waals surface area contributed by atoms with Crippen LogP contribution in [-0.4, -0.2) is 59.0 Å². The van der Waals surface area contributed by atoms with Crippen molar-refractivity contribution in [3.8, 4) is 136 Å². The minimum atomic E-state index is 0.513. The highest BCUT2D eigenvalue weighted by Gasteiger charge is 2.28. The molecule has 0 saturated carbocycles. The molecule has 10 aromatic heterocycles. The maximum Gasteiger partial charge on any atom is 0.164 e. The van der Waals surface area contributed by atoms with Crippen molar-refractivity contribution in [3.05, 3.63) is 376 Å². The SMILES string of the molecule is c1ccc(-c2nc(-c3ccc4c(c3)oc3c(-c5nc(-c6ccccc6)c6sc7ccccc7c6n5)cccc34)nc(-c3cccc4c3c3ccccc3n4-c3ccc(-c4cccc(-n5c6ccccc6c6c(-c7nc(-c8ccccc8)nc(-c8ccc9c(c8)oc8cccc(-c%10nc(-c%11ccccc%11)c%11sc%12ccccc%12c%11n%10)c89)n7)cccc65)c4)cc3)n2)cc1. The molecule has 14 nitrogen and oxygen atoms in total. The second kappa shape index (κ2) is 28.5. The molecule has 0 N–H and O–H groups in total. The summed E-state index contributed by atoms with van der Waals surface area (Å²) in [7, 11) is 0. The summed E-state index contributed by atoms with van der Waals surface area (Å²) in [5, 5.41) is 10.2. The van der Waals surface area contributed by atoms with Crippen LogP contribution in [0.15, 0.2) is 385 Å². The molecule has 0 bridgehead atoms. The standard InChI is InChI=1S/C110H62N12O2S2/c1-5-26-64(27-6-1)96-101-98(78-38-15-19-50-91(78)125-101)113-107(111-96)82-43-25-49-88-95(82)77-59-55-70(62-90(77)123-88)106-116-104(67-32-11-4-12-33-67)118-109(120-106)81-42-24-48-87-94(81)76-37-14-18-46-85(76)122(87)72-35-21-34-68(60-72)63-52-56-71(57-53-63)121-84-45-17-13-36-75(84)93-80(41-23-47-86(93)121)108-117-103(66-30-9-3-10-31-66)115-105(119-108)69-54-58-73-74-40-22-44-83(100(74)124-89(73)61-69)110-112-97(65-28-7-2-8-29-65)102-99(114-110)79-39-16-20-51-92(79)126-102/h1-62H. The van der Waals surface area contributed by atoms with Crippen molar-refractivity contribution in [1.29, 1.82) is 0 Å². The molecule has 0 spiro atoms. The van der Waals surface area contributed by atoms with E-state index in [0.717, 1.165) is 196 Å². The van der Waals surface area contributed by atoms with E-state index < -0.39 is 0 Å². The van der Waals surface area contributed by atoms with Gasteiger partial charge in [-0.1, -0.05) is 279 Å². The number of nitrogens with zero attached hydrogens (tertiary/aromatic N) is 12. The van der Waals surface area contributed by atoms with Crippen LogP contribution in [0, 0.1) is 0 Å². The van der Waals surface area contributed by atoms with E-state index in [-0.39, 0.29) is 0 Å². The zero-order valence-electron chi connectivity index (χ0n) is 66.8. The van der Waals surface area contributed by atoms with Gasteiger partial charge in [0.15, 0.2) is 46.6 Å². The number of thiophene rings is 2. The second-order valence-electron chi connectivity index (χ2n) is 31.6. The maximum absolute atomic E-state index is 7.01. The fraction of sp³-hybridized carbons (Fsp3) is 0. The van der Waals surface area contributed by atoms with Crippen molar-refractivity contribution in [2.24, 2.45) is 0 Å². The molecule has 0 unspecified atom stereocenters. The molecule has 0 radical (unpaired) electrons. The first-order valence-electron chi connectivity index (χ1n) is 41.7. The quantitative estimate of drug-likeness (QED) is 0.107. The summed E-state index contributed by atoms with van der Waals surface area (Å²) in [5.74, 6) is 4.45. The van der Waals surface area contributed by atoms with Crippen LogP contribution in [0.3, 0.4) is 0 Å². The van der Waals surface area contributed by atoms with E-state index in [4.69, 9.17) is 58.7 Å². The van der Waals surface area contributed by atoms with Gasteiger partial charge in [-0.2, -0.15) is 0 Å². The fourth-order valence-corrected chi connectivity index (χ4v) is 20.9. The summed E-state index contributed by atoms with van der Waals surface area (Å²) in [6.07, 6.45) is 0. The molecular formula is C110H62N12O2S2. The van der Waals surface area contributed by atoms with E-state index in [9.17, 15) is 0 Å². The lowest BCUT2D eigenvalue weighted by molar-refractivity contribution is 0.669. The average Bonchev–Trinajstić information content (AvgIpc) is 1.49. The first-order valence-corrected chi connectivity index (χ1v) is 43.4. The average molecular weight is 1650 g/mol. The van der Waals surface area contributed by atoms with Gasteiger partial charge in [-0.3, -0.25) is 0 Å². The Morgan fingerprint density at radius 2 is 0.595 bits per heavy atom. The third kappa shape index (κ3) is 11.5. The molecule has 0 aliphatic carbocycles. The molecule has 126 heavy (non-hydrogen) atoms. The van der Waals surface area contributed by atoms with Gasteiger partial charge in [0.05, 0.1) is 59.5 Å². The van der Waals surface area contributed by atoms with E-state index in [1.54, 1.807) is 22.7 Å². The molecule has 10 heterocycles. The zero-order valence-corrected chi connectivity index (χ0v) is 68.4. The first kappa shape index (κ1) is 71.1. The minimum Gasteiger partial charge on any atom is -0.456 e. The first-order chi connectivity index (χ1) is 62.4. The molecule has 16 aromatic carbocycles. The second-order valence-corrected chi connectivity index (χ2v) is 33.7. The third-order valence-corrected chi connectivity index (χ3v) is 26.6. The number of aromatic nitrogens is 12. The lowest BCUT2D eigenvalue weighted by Gasteiger charge is -2.13. The third-order valence-electron chi connectivity index (χ3n) is 24.3. The molecule has 0 amide bonds. The summed E-state index contributed by atoms with van der Waals surface area (Å²) < 4.78 is 23.0. The number of fused-ring (bicyclic) bond motifs is 18. The van der Waals surface area contributed by atoms with E-state index in [2.05, 4.69) is 294 Å². The Balaban J connectivity index is 0.544. The number of para-hydroxylation sites is 3. The van der Waals surface area contributed by atoms with Gasteiger partial charge in [-0.25, -0.2) is 49.8 Å². The van der Waals surface area contributed by atoms with E-state index >= 15 is 0 Å². The highest BCUT2D eigenvalue weighted by atomic mass is 32.1. The largest absolute Gasteiger partial charge is 0.456 e. The Kier molecular flexibility index (Phi) is 16.1. The Labute approximate surface area is 725 Å². The summed E-state index contributed by atoms with van der Waals surface area (Å²) in [5.41, 5.74) is 23.5. The summed E-state index contributed by atoms with van der Waals surface area (Å²) >= 11 is 3.45. The van der Waals surface area contributed by atoms with Crippen LogP contribution in [0.4, 0.5) is 0 Å². The summed E-state index contributed by atoms with van der Waals surface area (Å²) in [6, 6.07) is 131. The Morgan fingerprint density at radius 1 is 0.206 bits per heavy atom. The van der Waals surface area contributed by atoms with Crippen molar-refractivity contribution in [3.63, 3.8) is 0 Å². The number of hydrogen-bond acceptors (Lipinski definition) is 14. The topological polar surface area (TPSA) is 165 Å². The zero-order chi connectivity index (χ0) is 82.6. The molecule has 0 aliphatic heterocycles. The van der Waals surface area contributed by atoms with Gasteiger partial charge in [0, 0.05) is 125 Å². The van der Waals surface area contributed by atoms with Gasteiger partial charge in [0.1, 0.15) is 22.3 Å². The number of hydrogen-bond donors (Lipinski definition) is 0. The van der Waals surface area contributed by atoms with Gasteiger partial charge in [0.25, 0.3) is 0 Å². The Morgan fingerprint density at radius 3 is 1.15 bits per heavy atom. The molecular weight excluding hydrogens is 1590 g/mol. The molecule has 0 atom stereocenters. The smallest absolute Gasteiger partial charge is 0.164 e. The van der Waals surface area contributed by atoms with Crippen LogP contribution in [0.2, 0.25) is 0 Å². The summed E-state index contributed by atoms with van der Waals surface area (Å²) in [6.45, 7) is 0.